The maximum absolute atomic E-state index is 11.8. The number of benzene rings is 1. The van der Waals surface area contributed by atoms with Crippen molar-refractivity contribution in [2.24, 2.45) is 10.9 Å². The van der Waals surface area contributed by atoms with Crippen LogP contribution in [0.5, 0.6) is 5.75 Å². The van der Waals surface area contributed by atoms with E-state index in [-0.39, 0.29) is 24.5 Å². The Morgan fingerprint density at radius 2 is 2.20 bits per heavy atom. The molecule has 110 valence electrons. The van der Waals surface area contributed by atoms with Gasteiger partial charge in [-0.25, -0.2) is 0 Å². The highest BCUT2D eigenvalue weighted by Gasteiger charge is 2.15. The Kier molecular flexibility index (Phi) is 5.79. The van der Waals surface area contributed by atoms with E-state index in [0.717, 1.165) is 0 Å². The Morgan fingerprint density at radius 3 is 2.75 bits per heavy atom. The highest BCUT2D eigenvalue weighted by atomic mass is 16.5. The molecule has 0 aliphatic heterocycles. The number of nitrogens with one attached hydrogen (secondary N) is 1. The van der Waals surface area contributed by atoms with Gasteiger partial charge in [0.1, 0.15) is 12.4 Å². The summed E-state index contributed by atoms with van der Waals surface area (Å²) in [6, 6.07) is 4.94. The molecule has 0 atom stereocenters. The van der Waals surface area contributed by atoms with Gasteiger partial charge in [0.15, 0.2) is 5.84 Å². The predicted molar refractivity (Wildman–Crippen MR) is 75.2 cm³/mol. The quantitative estimate of drug-likeness (QED) is 0.314. The van der Waals surface area contributed by atoms with E-state index in [2.05, 4.69) is 10.5 Å². The number of amidine groups is 1. The minimum absolute atomic E-state index is 0.0537. The number of oxime groups is 1. The fourth-order valence-corrected chi connectivity index (χ4v) is 1.52. The number of ether oxygens (including phenoxy) is 2. The number of methoxy groups -OCH3 is 1. The number of nitrogens with two attached hydrogens (primary N) is 1. The molecule has 0 fully saturated rings. The second-order valence-corrected chi connectivity index (χ2v) is 4.28. The second kappa shape index (κ2) is 7.34. The van der Waals surface area contributed by atoms with Crippen LogP contribution in [0, 0.1) is 0 Å². The van der Waals surface area contributed by atoms with Crippen LogP contribution in [0.2, 0.25) is 0 Å². The number of carbonyl (C=O) groups excluding carboxylic acids is 1. The van der Waals surface area contributed by atoms with E-state index in [0.29, 0.717) is 17.0 Å². The molecule has 0 heterocycles. The summed E-state index contributed by atoms with van der Waals surface area (Å²) in [5.74, 6) is -0.0637. The lowest BCUT2D eigenvalue weighted by Crippen LogP contribution is -2.24. The van der Waals surface area contributed by atoms with Gasteiger partial charge < -0.3 is 25.7 Å². The van der Waals surface area contributed by atoms with Gasteiger partial charge in [-0.05, 0) is 26.0 Å². The van der Waals surface area contributed by atoms with Crippen molar-refractivity contribution < 1.29 is 19.5 Å². The summed E-state index contributed by atoms with van der Waals surface area (Å²) in [5, 5.41) is 14.3. The Labute approximate surface area is 117 Å². The van der Waals surface area contributed by atoms with Gasteiger partial charge in [0.05, 0.1) is 18.9 Å². The number of rotatable bonds is 6. The summed E-state index contributed by atoms with van der Waals surface area (Å²) in [6.45, 7) is 3.57. The summed E-state index contributed by atoms with van der Waals surface area (Å²) >= 11 is 0. The second-order valence-electron chi connectivity index (χ2n) is 4.28. The van der Waals surface area contributed by atoms with Crippen molar-refractivity contribution in [3.05, 3.63) is 23.8 Å². The zero-order valence-electron chi connectivity index (χ0n) is 11.7. The van der Waals surface area contributed by atoms with Gasteiger partial charge in [-0.3, -0.25) is 4.79 Å². The van der Waals surface area contributed by atoms with E-state index in [1.807, 2.05) is 13.8 Å². The zero-order valence-corrected chi connectivity index (χ0v) is 11.7. The van der Waals surface area contributed by atoms with Crippen molar-refractivity contribution in [1.82, 2.24) is 0 Å². The lowest BCUT2D eigenvalue weighted by atomic mass is 10.1. The molecule has 0 radical (unpaired) electrons. The third kappa shape index (κ3) is 4.13. The summed E-state index contributed by atoms with van der Waals surface area (Å²) in [6.07, 6.45) is -0.0537. The summed E-state index contributed by atoms with van der Waals surface area (Å²) in [4.78, 5) is 11.8. The molecule has 7 nitrogen and oxygen atoms in total. The number of hydrogen-bond acceptors (Lipinski definition) is 5. The normalized spacial score (nSPS) is 11.5. The molecule has 0 aliphatic carbocycles. The van der Waals surface area contributed by atoms with Crippen LogP contribution in [0.3, 0.4) is 0 Å². The van der Waals surface area contributed by atoms with Crippen molar-refractivity contribution >= 4 is 17.4 Å². The third-order valence-electron chi connectivity index (χ3n) is 2.44. The van der Waals surface area contributed by atoms with Crippen molar-refractivity contribution in [3.63, 3.8) is 0 Å². The molecular formula is C13H19N3O4. The van der Waals surface area contributed by atoms with Crippen LogP contribution in [0.1, 0.15) is 19.4 Å². The maximum atomic E-state index is 11.8. The lowest BCUT2D eigenvalue weighted by molar-refractivity contribution is -0.121. The van der Waals surface area contributed by atoms with Crippen LogP contribution in [0.25, 0.3) is 0 Å². The SMILES string of the molecule is COc1cccc(/C(N)=N/O)c1NC(=O)COC(C)C. The summed E-state index contributed by atoms with van der Waals surface area (Å²) < 4.78 is 10.4. The average molecular weight is 281 g/mol. The molecule has 1 amide bonds. The number of amides is 1. The van der Waals surface area contributed by atoms with Crippen LogP contribution in [-0.4, -0.2) is 36.8 Å². The first-order valence-corrected chi connectivity index (χ1v) is 6.06. The van der Waals surface area contributed by atoms with Crippen LogP contribution >= 0.6 is 0 Å². The van der Waals surface area contributed by atoms with Gasteiger partial charge in [0.25, 0.3) is 5.91 Å². The fraction of sp³-hybridized carbons (Fsp3) is 0.385. The predicted octanol–water partition coefficient (Wildman–Crippen LogP) is 1.15. The molecule has 0 unspecified atom stereocenters. The molecule has 0 aliphatic rings. The minimum atomic E-state index is -0.352. The Balaban J connectivity index is 2.99. The van der Waals surface area contributed by atoms with E-state index in [1.54, 1.807) is 18.2 Å². The van der Waals surface area contributed by atoms with Gasteiger partial charge in [-0.2, -0.15) is 0 Å². The van der Waals surface area contributed by atoms with Crippen LogP contribution < -0.4 is 15.8 Å². The number of hydrogen-bond donors (Lipinski definition) is 3. The van der Waals surface area contributed by atoms with Crippen LogP contribution in [0.4, 0.5) is 5.69 Å². The van der Waals surface area contributed by atoms with Crippen molar-refractivity contribution in [2.45, 2.75) is 20.0 Å². The molecular weight excluding hydrogens is 262 g/mol. The minimum Gasteiger partial charge on any atom is -0.495 e. The Morgan fingerprint density at radius 1 is 1.50 bits per heavy atom. The maximum Gasteiger partial charge on any atom is 0.250 e. The smallest absolute Gasteiger partial charge is 0.250 e. The van der Waals surface area contributed by atoms with Crippen LogP contribution in [0.15, 0.2) is 23.4 Å². The highest BCUT2D eigenvalue weighted by molar-refractivity contribution is 6.07. The molecule has 1 rings (SSSR count). The van der Waals surface area contributed by atoms with E-state index in [4.69, 9.17) is 20.4 Å². The molecule has 0 saturated carbocycles. The van der Waals surface area contributed by atoms with Crippen molar-refractivity contribution in [2.75, 3.05) is 19.0 Å². The Hall–Kier alpha value is -2.28. The molecule has 0 saturated heterocycles. The first-order valence-electron chi connectivity index (χ1n) is 6.06. The van der Waals surface area contributed by atoms with E-state index in [9.17, 15) is 4.79 Å². The number of anilines is 1. The number of carbonyl (C=O) groups is 1. The fourth-order valence-electron chi connectivity index (χ4n) is 1.52. The molecule has 7 heteroatoms. The van der Waals surface area contributed by atoms with Crippen molar-refractivity contribution in [1.29, 1.82) is 0 Å². The molecule has 4 N–H and O–H groups in total. The average Bonchev–Trinajstić information content (AvgIpc) is 2.44. The van der Waals surface area contributed by atoms with E-state index < -0.39 is 0 Å². The monoisotopic (exact) mass is 281 g/mol. The standard InChI is InChI=1S/C13H19N3O4/c1-8(2)20-7-11(17)15-12-9(13(14)16-18)5-4-6-10(12)19-3/h4-6,8,18H,7H2,1-3H3,(H2,14,16)(H,15,17). The topological polar surface area (TPSA) is 106 Å². The zero-order chi connectivity index (χ0) is 15.1. The molecule has 0 spiro atoms. The molecule has 20 heavy (non-hydrogen) atoms. The first-order chi connectivity index (χ1) is 9.49. The van der Waals surface area contributed by atoms with Gasteiger partial charge in [0.2, 0.25) is 0 Å². The number of para-hydroxylation sites is 1. The van der Waals surface area contributed by atoms with Gasteiger partial charge >= 0.3 is 0 Å². The van der Waals surface area contributed by atoms with Crippen LogP contribution in [-0.2, 0) is 9.53 Å². The van der Waals surface area contributed by atoms with E-state index >= 15 is 0 Å². The largest absolute Gasteiger partial charge is 0.495 e. The molecule has 0 aromatic heterocycles. The molecule has 1 aromatic carbocycles. The Bertz CT molecular complexity index is 500. The number of nitrogens with zero attached hydrogens (tertiary/aromatic N) is 1. The highest BCUT2D eigenvalue weighted by Crippen LogP contribution is 2.28. The van der Waals surface area contributed by atoms with Gasteiger partial charge in [-0.15, -0.1) is 0 Å². The molecule has 1 aromatic rings. The van der Waals surface area contributed by atoms with Gasteiger partial charge in [0, 0.05) is 5.56 Å². The van der Waals surface area contributed by atoms with Gasteiger partial charge in [-0.1, -0.05) is 11.2 Å². The first kappa shape index (κ1) is 15.8. The summed E-state index contributed by atoms with van der Waals surface area (Å²) in [7, 11) is 1.46. The summed E-state index contributed by atoms with van der Waals surface area (Å²) in [5.41, 5.74) is 6.28. The lowest BCUT2D eigenvalue weighted by Gasteiger charge is -2.14. The molecule has 0 bridgehead atoms. The van der Waals surface area contributed by atoms with E-state index in [1.165, 1.54) is 7.11 Å². The third-order valence-corrected chi connectivity index (χ3v) is 2.44. The van der Waals surface area contributed by atoms with Crippen molar-refractivity contribution in [3.8, 4) is 5.75 Å².